The Hall–Kier alpha value is -1.78. The van der Waals surface area contributed by atoms with Gasteiger partial charge in [-0.25, -0.2) is 13.6 Å². The monoisotopic (exact) mass is 448 g/mol. The number of ether oxygens (including phenoxy) is 1. The molecule has 0 aliphatic heterocycles. The van der Waals surface area contributed by atoms with Crippen LogP contribution in [0.5, 0.6) is 0 Å². The van der Waals surface area contributed by atoms with Gasteiger partial charge in [-0.2, -0.15) is 0 Å². The Labute approximate surface area is 170 Å². The Balaban J connectivity index is 1.79. The van der Waals surface area contributed by atoms with Crippen LogP contribution in [-0.4, -0.2) is 32.7 Å². The fourth-order valence-electron chi connectivity index (χ4n) is 1.84. The Kier molecular flexibility index (Phi) is 7.51. The molecule has 2 aromatic rings. The average molecular weight is 449 g/mol. The molecule has 2 aromatic carbocycles. The van der Waals surface area contributed by atoms with Crippen molar-refractivity contribution in [3.8, 4) is 0 Å². The van der Waals surface area contributed by atoms with Crippen LogP contribution in [0, 0.1) is 0 Å². The number of amides is 1. The number of hydrogen-bond acceptors (Lipinski definition) is 6. The van der Waals surface area contributed by atoms with Crippen molar-refractivity contribution < 1.29 is 22.7 Å². The van der Waals surface area contributed by atoms with Crippen molar-refractivity contribution in [2.45, 2.75) is 9.79 Å². The van der Waals surface area contributed by atoms with Crippen LogP contribution in [-0.2, 0) is 24.3 Å². The number of anilines is 1. The quantitative estimate of drug-likeness (QED) is 0.496. The highest BCUT2D eigenvalue weighted by Crippen LogP contribution is 2.29. The number of hydrogen-bond donors (Lipinski definition) is 2. The van der Waals surface area contributed by atoms with Gasteiger partial charge in [0.2, 0.25) is 10.0 Å². The zero-order valence-electron chi connectivity index (χ0n) is 13.6. The first-order chi connectivity index (χ1) is 12.6. The number of primary sulfonamides is 1. The highest BCUT2D eigenvalue weighted by Gasteiger charge is 2.11. The molecule has 1 amide bonds. The number of nitrogens with two attached hydrogens (primary N) is 1. The molecule has 0 unspecified atom stereocenters. The first kappa shape index (κ1) is 21.5. The van der Waals surface area contributed by atoms with E-state index in [0.29, 0.717) is 20.6 Å². The van der Waals surface area contributed by atoms with Crippen LogP contribution in [0.2, 0.25) is 10.0 Å². The summed E-state index contributed by atoms with van der Waals surface area (Å²) in [5, 5.41) is 8.40. The number of nitrogens with one attached hydrogen (secondary N) is 1. The molecule has 3 N–H and O–H groups in total. The fourth-order valence-corrected chi connectivity index (χ4v) is 3.64. The number of esters is 1. The lowest BCUT2D eigenvalue weighted by Crippen LogP contribution is -2.21. The number of benzene rings is 2. The number of halogens is 2. The molecule has 0 saturated heterocycles. The number of carbonyl (C=O) groups excluding carboxylic acids is 2. The molecule has 0 heterocycles. The van der Waals surface area contributed by atoms with Crippen LogP contribution in [0.25, 0.3) is 0 Å². The maximum Gasteiger partial charge on any atom is 0.316 e. The van der Waals surface area contributed by atoms with Crippen molar-refractivity contribution in [3.63, 3.8) is 0 Å². The summed E-state index contributed by atoms with van der Waals surface area (Å²) < 4.78 is 27.2. The molecule has 0 aliphatic rings. The first-order valence-corrected chi connectivity index (χ1v) is 10.6. The molecule has 0 saturated carbocycles. The molecule has 0 radical (unpaired) electrons. The minimum absolute atomic E-state index is 0.0452. The van der Waals surface area contributed by atoms with E-state index in [-0.39, 0.29) is 10.6 Å². The van der Waals surface area contributed by atoms with E-state index in [1.165, 1.54) is 24.3 Å². The minimum Gasteiger partial charge on any atom is -0.455 e. The number of sulfonamides is 1. The van der Waals surface area contributed by atoms with Crippen molar-refractivity contribution in [1.82, 2.24) is 0 Å². The Bertz CT molecular complexity index is 950. The number of carbonyl (C=O) groups is 2. The van der Waals surface area contributed by atoms with Crippen molar-refractivity contribution in [2.24, 2.45) is 5.14 Å². The largest absolute Gasteiger partial charge is 0.455 e. The molecule has 0 atom stereocenters. The lowest BCUT2D eigenvalue weighted by atomic mass is 10.3. The molecule has 0 aromatic heterocycles. The number of thioether (sulfide) groups is 1. The van der Waals surface area contributed by atoms with E-state index in [1.54, 1.807) is 18.2 Å². The van der Waals surface area contributed by atoms with E-state index < -0.39 is 28.5 Å². The predicted molar refractivity (Wildman–Crippen MR) is 105 cm³/mol. The summed E-state index contributed by atoms with van der Waals surface area (Å²) >= 11 is 13.0. The molecule has 7 nitrogen and oxygen atoms in total. The van der Waals surface area contributed by atoms with E-state index in [9.17, 15) is 18.0 Å². The molecule has 27 heavy (non-hydrogen) atoms. The molecule has 11 heteroatoms. The van der Waals surface area contributed by atoms with E-state index in [0.717, 1.165) is 11.8 Å². The summed E-state index contributed by atoms with van der Waals surface area (Å²) in [7, 11) is -3.81. The van der Waals surface area contributed by atoms with Crippen LogP contribution >= 0.6 is 35.0 Å². The third kappa shape index (κ3) is 7.04. The predicted octanol–water partition coefficient (Wildman–Crippen LogP) is 2.91. The molecule has 0 bridgehead atoms. The van der Waals surface area contributed by atoms with Gasteiger partial charge in [0, 0.05) is 15.6 Å². The molecule has 0 spiro atoms. The lowest BCUT2D eigenvalue weighted by Gasteiger charge is -2.08. The van der Waals surface area contributed by atoms with Gasteiger partial charge < -0.3 is 10.1 Å². The second kappa shape index (κ2) is 9.43. The van der Waals surface area contributed by atoms with E-state index >= 15 is 0 Å². The molecule has 2 rings (SSSR count). The summed E-state index contributed by atoms with van der Waals surface area (Å²) in [6.07, 6.45) is 0. The Morgan fingerprint density at radius 1 is 1.11 bits per heavy atom. The van der Waals surface area contributed by atoms with Gasteiger partial charge in [0.1, 0.15) is 0 Å². The van der Waals surface area contributed by atoms with E-state index in [1.807, 2.05) is 0 Å². The van der Waals surface area contributed by atoms with Gasteiger partial charge in [0.05, 0.1) is 15.7 Å². The third-order valence-corrected chi connectivity index (χ3v) is 5.70. The van der Waals surface area contributed by atoms with Gasteiger partial charge >= 0.3 is 5.97 Å². The summed E-state index contributed by atoms with van der Waals surface area (Å²) in [5.41, 5.74) is 0.337. The average Bonchev–Trinajstić information content (AvgIpc) is 2.60. The molecular weight excluding hydrogens is 435 g/mol. The fraction of sp³-hybridized carbons (Fsp3) is 0.125. The highest BCUT2D eigenvalue weighted by molar-refractivity contribution is 8.00. The second-order valence-electron chi connectivity index (χ2n) is 5.14. The molecule has 0 aliphatic carbocycles. The summed E-state index contributed by atoms with van der Waals surface area (Å²) in [6, 6.07) is 10.1. The zero-order valence-corrected chi connectivity index (χ0v) is 16.8. The highest BCUT2D eigenvalue weighted by atomic mass is 35.5. The van der Waals surface area contributed by atoms with Crippen molar-refractivity contribution in [1.29, 1.82) is 0 Å². The van der Waals surface area contributed by atoms with Gasteiger partial charge in [0.25, 0.3) is 5.91 Å². The standard InChI is InChI=1S/C16H14Cl2N2O5S2/c17-10-1-6-13(18)14(7-10)26-9-16(22)25-8-15(21)20-11-2-4-12(5-3-11)27(19,23)24/h1-7H,8-9H2,(H,20,21)(H2,19,23,24). The molecule has 144 valence electrons. The maximum absolute atomic E-state index is 11.8. The maximum atomic E-state index is 11.8. The smallest absolute Gasteiger partial charge is 0.316 e. The van der Waals surface area contributed by atoms with Crippen LogP contribution in [0.15, 0.2) is 52.3 Å². The van der Waals surface area contributed by atoms with Gasteiger partial charge in [-0.15, -0.1) is 11.8 Å². The second-order valence-corrected chi connectivity index (χ2v) is 8.56. The first-order valence-electron chi connectivity index (χ1n) is 7.31. The summed E-state index contributed by atoms with van der Waals surface area (Å²) in [5.74, 6) is -1.22. The molecular formula is C16H14Cl2N2O5S2. The Morgan fingerprint density at radius 2 is 1.78 bits per heavy atom. The van der Waals surface area contributed by atoms with E-state index in [2.05, 4.69) is 5.32 Å². The number of rotatable bonds is 7. The summed E-state index contributed by atoms with van der Waals surface area (Å²) in [6.45, 7) is -0.486. The Morgan fingerprint density at radius 3 is 2.41 bits per heavy atom. The van der Waals surface area contributed by atoms with Gasteiger partial charge in [-0.1, -0.05) is 23.2 Å². The van der Waals surface area contributed by atoms with Crippen molar-refractivity contribution >= 4 is 62.6 Å². The van der Waals surface area contributed by atoms with Crippen LogP contribution in [0.1, 0.15) is 0 Å². The normalized spacial score (nSPS) is 11.1. The summed E-state index contributed by atoms with van der Waals surface area (Å²) in [4.78, 5) is 24.1. The third-order valence-electron chi connectivity index (χ3n) is 3.07. The van der Waals surface area contributed by atoms with Gasteiger partial charge in [0.15, 0.2) is 6.61 Å². The zero-order chi connectivity index (χ0) is 20.0. The van der Waals surface area contributed by atoms with E-state index in [4.69, 9.17) is 33.1 Å². The lowest BCUT2D eigenvalue weighted by molar-refractivity contribution is -0.144. The van der Waals surface area contributed by atoms with Gasteiger partial charge in [-0.05, 0) is 42.5 Å². The SMILES string of the molecule is NS(=O)(=O)c1ccc(NC(=O)COC(=O)CSc2cc(Cl)ccc2Cl)cc1. The van der Waals surface area contributed by atoms with Crippen molar-refractivity contribution in [3.05, 3.63) is 52.5 Å². The minimum atomic E-state index is -3.81. The van der Waals surface area contributed by atoms with Crippen LogP contribution < -0.4 is 10.5 Å². The molecule has 0 fully saturated rings. The van der Waals surface area contributed by atoms with Gasteiger partial charge in [-0.3, -0.25) is 9.59 Å². The topological polar surface area (TPSA) is 116 Å². The van der Waals surface area contributed by atoms with Crippen LogP contribution in [0.3, 0.4) is 0 Å². The van der Waals surface area contributed by atoms with Crippen molar-refractivity contribution in [2.75, 3.05) is 17.7 Å². The van der Waals surface area contributed by atoms with Crippen LogP contribution in [0.4, 0.5) is 5.69 Å².